The molecule has 0 amide bonds. The molecule has 0 bridgehead atoms. The lowest BCUT2D eigenvalue weighted by atomic mass is 10.2. The van der Waals surface area contributed by atoms with Crippen molar-refractivity contribution in [2.45, 2.75) is 32.1 Å². The summed E-state index contributed by atoms with van der Waals surface area (Å²) in [4.78, 5) is 0. The zero-order valence-corrected chi connectivity index (χ0v) is 5.00. The Kier molecular flexibility index (Phi) is 2.94. The largest absolute Gasteiger partial charge is 0.307 e. The van der Waals surface area contributed by atoms with Crippen molar-refractivity contribution in [2.75, 3.05) is 0 Å². The van der Waals surface area contributed by atoms with Gasteiger partial charge in [0.2, 0.25) is 0 Å². The first-order chi connectivity index (χ1) is 4.00. The van der Waals surface area contributed by atoms with Crippen molar-refractivity contribution in [3.05, 3.63) is 0 Å². The Bertz CT molecular complexity index is 79.0. The highest BCUT2D eigenvalue weighted by Gasteiger charge is 2.38. The summed E-state index contributed by atoms with van der Waals surface area (Å²) in [7, 11) is 0. The molecule has 0 radical (unpaired) electrons. The Morgan fingerprint density at radius 3 is 1.89 bits per heavy atom. The summed E-state index contributed by atoms with van der Waals surface area (Å²) in [5, 5.41) is 0. The molecule has 0 spiro atoms. The minimum absolute atomic E-state index is 0.0807. The molecule has 0 N–H and O–H groups in total. The van der Waals surface area contributed by atoms with Gasteiger partial charge in [0.25, 0.3) is 0 Å². The summed E-state index contributed by atoms with van der Waals surface area (Å²) in [6.45, 7) is 1.44. The maximum Gasteiger partial charge on any atom is 0.307 e. The van der Waals surface area contributed by atoms with Crippen molar-refractivity contribution in [3.63, 3.8) is 0 Å². The molecule has 0 atom stereocenters. The van der Waals surface area contributed by atoms with E-state index in [9.17, 15) is 17.6 Å². The fourth-order valence-electron chi connectivity index (χ4n) is 0.442. The number of alkyl halides is 4. The second kappa shape index (κ2) is 3.03. The van der Waals surface area contributed by atoms with E-state index < -0.39 is 18.8 Å². The molecule has 0 aromatic heterocycles. The van der Waals surface area contributed by atoms with Crippen LogP contribution in [0.5, 0.6) is 0 Å². The van der Waals surface area contributed by atoms with Crippen molar-refractivity contribution >= 4 is 0 Å². The first kappa shape index (κ1) is 8.72. The van der Waals surface area contributed by atoms with Crippen molar-refractivity contribution in [1.29, 1.82) is 0 Å². The topological polar surface area (TPSA) is 0 Å². The molecule has 0 saturated carbocycles. The average molecular weight is 144 g/mol. The number of hydrogen-bond donors (Lipinski definition) is 0. The van der Waals surface area contributed by atoms with Crippen LogP contribution in [0.1, 0.15) is 19.8 Å². The summed E-state index contributed by atoms with van der Waals surface area (Å²) in [5.41, 5.74) is 0. The first-order valence-electron chi connectivity index (χ1n) is 2.66. The second-order valence-corrected chi connectivity index (χ2v) is 1.81. The van der Waals surface area contributed by atoms with Crippen LogP contribution in [0.25, 0.3) is 0 Å². The van der Waals surface area contributed by atoms with E-state index in [0.717, 1.165) is 0 Å². The van der Waals surface area contributed by atoms with Crippen molar-refractivity contribution < 1.29 is 17.6 Å². The fourth-order valence-corrected chi connectivity index (χ4v) is 0.442. The molecule has 0 aliphatic rings. The number of halogens is 4. The lowest BCUT2D eigenvalue weighted by Gasteiger charge is -2.12. The van der Waals surface area contributed by atoms with E-state index in [2.05, 4.69) is 0 Å². The molecule has 0 rings (SSSR count). The molecule has 0 saturated heterocycles. The van der Waals surface area contributed by atoms with Gasteiger partial charge in [-0.3, -0.25) is 0 Å². The SMILES string of the molecule is CCCC(F)(F)C(F)F. The lowest BCUT2D eigenvalue weighted by Crippen LogP contribution is -2.25. The van der Waals surface area contributed by atoms with E-state index in [4.69, 9.17) is 0 Å². The van der Waals surface area contributed by atoms with E-state index in [0.29, 0.717) is 0 Å². The third-order valence-corrected chi connectivity index (χ3v) is 0.903. The van der Waals surface area contributed by atoms with Gasteiger partial charge in [0.05, 0.1) is 0 Å². The van der Waals surface area contributed by atoms with Gasteiger partial charge < -0.3 is 0 Å². The first-order valence-corrected chi connectivity index (χ1v) is 2.66. The van der Waals surface area contributed by atoms with Gasteiger partial charge in [-0.1, -0.05) is 13.3 Å². The van der Waals surface area contributed by atoms with Gasteiger partial charge in [-0.2, -0.15) is 0 Å². The van der Waals surface area contributed by atoms with E-state index in [1.54, 1.807) is 0 Å². The summed E-state index contributed by atoms with van der Waals surface area (Å²) in [6, 6.07) is 0. The molecule has 0 aliphatic carbocycles. The zero-order chi connectivity index (χ0) is 7.49. The Hall–Kier alpha value is -0.280. The average Bonchev–Trinajstić information content (AvgIpc) is 1.65. The Morgan fingerprint density at radius 1 is 1.33 bits per heavy atom. The minimum Gasteiger partial charge on any atom is -0.204 e. The van der Waals surface area contributed by atoms with Crippen molar-refractivity contribution in [3.8, 4) is 0 Å². The van der Waals surface area contributed by atoms with Crippen LogP contribution in [-0.2, 0) is 0 Å². The van der Waals surface area contributed by atoms with Gasteiger partial charge in [0.1, 0.15) is 0 Å². The quantitative estimate of drug-likeness (QED) is 0.534. The molecule has 0 heterocycles. The maximum absolute atomic E-state index is 11.8. The van der Waals surface area contributed by atoms with Gasteiger partial charge in [0.15, 0.2) is 0 Å². The normalized spacial score (nSPS) is 12.7. The highest BCUT2D eigenvalue weighted by molar-refractivity contribution is 4.67. The third-order valence-electron chi connectivity index (χ3n) is 0.903. The smallest absolute Gasteiger partial charge is 0.204 e. The van der Waals surface area contributed by atoms with Gasteiger partial charge in [-0.15, -0.1) is 0 Å². The number of rotatable bonds is 3. The molecule has 9 heavy (non-hydrogen) atoms. The van der Waals surface area contributed by atoms with E-state index in [1.165, 1.54) is 6.92 Å². The monoisotopic (exact) mass is 144 g/mol. The van der Waals surface area contributed by atoms with Gasteiger partial charge in [-0.25, -0.2) is 17.6 Å². The van der Waals surface area contributed by atoms with Gasteiger partial charge in [-0.05, 0) is 0 Å². The fraction of sp³-hybridized carbons (Fsp3) is 1.00. The molecule has 4 heteroatoms. The van der Waals surface area contributed by atoms with E-state index >= 15 is 0 Å². The second-order valence-electron chi connectivity index (χ2n) is 1.81. The van der Waals surface area contributed by atoms with Crippen LogP contribution < -0.4 is 0 Å². The summed E-state index contributed by atoms with van der Waals surface area (Å²) in [5.74, 6) is -3.78. The summed E-state index contributed by atoms with van der Waals surface area (Å²) >= 11 is 0. The van der Waals surface area contributed by atoms with Crippen molar-refractivity contribution in [1.82, 2.24) is 0 Å². The van der Waals surface area contributed by atoms with Gasteiger partial charge in [0, 0.05) is 6.42 Å². The predicted octanol–water partition coefficient (Wildman–Crippen LogP) is 2.69. The molecule has 0 aliphatic heterocycles. The minimum atomic E-state index is -3.78. The van der Waals surface area contributed by atoms with E-state index in [-0.39, 0.29) is 6.42 Å². The third kappa shape index (κ3) is 2.67. The summed E-state index contributed by atoms with van der Waals surface area (Å²) < 4.78 is 46.1. The standard InChI is InChI=1S/C5H8F4/c1-2-3-5(8,9)4(6)7/h4H,2-3H2,1H3. The van der Waals surface area contributed by atoms with Crippen LogP contribution in [0.4, 0.5) is 17.6 Å². The van der Waals surface area contributed by atoms with Crippen LogP contribution in [0.3, 0.4) is 0 Å². The predicted molar refractivity (Wildman–Crippen MR) is 25.9 cm³/mol. The summed E-state index contributed by atoms with van der Waals surface area (Å²) in [6.07, 6.45) is -4.17. The van der Waals surface area contributed by atoms with Gasteiger partial charge >= 0.3 is 12.3 Å². The molecular weight excluding hydrogens is 136 g/mol. The molecule has 0 unspecified atom stereocenters. The molecule has 56 valence electrons. The molecule has 0 aromatic rings. The van der Waals surface area contributed by atoms with Crippen LogP contribution in [-0.4, -0.2) is 12.3 Å². The highest BCUT2D eigenvalue weighted by atomic mass is 19.3. The Morgan fingerprint density at radius 2 is 1.78 bits per heavy atom. The lowest BCUT2D eigenvalue weighted by molar-refractivity contribution is -0.132. The Balaban J connectivity index is 3.70. The van der Waals surface area contributed by atoms with Crippen LogP contribution in [0.2, 0.25) is 0 Å². The molecule has 0 aromatic carbocycles. The molecule has 0 fully saturated rings. The van der Waals surface area contributed by atoms with Crippen LogP contribution in [0.15, 0.2) is 0 Å². The van der Waals surface area contributed by atoms with Crippen LogP contribution in [0, 0.1) is 0 Å². The highest BCUT2D eigenvalue weighted by Crippen LogP contribution is 2.27. The molecular formula is C5H8F4. The molecule has 0 nitrogen and oxygen atoms in total. The number of hydrogen-bond acceptors (Lipinski definition) is 0. The Labute approximate surface area is 50.9 Å². The van der Waals surface area contributed by atoms with Crippen molar-refractivity contribution in [2.24, 2.45) is 0 Å². The maximum atomic E-state index is 11.8. The zero-order valence-electron chi connectivity index (χ0n) is 5.00. The van der Waals surface area contributed by atoms with E-state index in [1.807, 2.05) is 0 Å². The van der Waals surface area contributed by atoms with Crippen LogP contribution >= 0.6 is 0 Å².